The van der Waals surface area contributed by atoms with Gasteiger partial charge >= 0.3 is 0 Å². The minimum atomic E-state index is -0.704. The van der Waals surface area contributed by atoms with Gasteiger partial charge < -0.3 is 9.73 Å². The molecule has 1 aromatic carbocycles. The van der Waals surface area contributed by atoms with E-state index in [1.54, 1.807) is 12.1 Å². The molecule has 1 unspecified atom stereocenters. The quantitative estimate of drug-likeness (QED) is 0.814. The number of carbonyl (C=O) groups is 3. The molecule has 2 N–H and O–H groups in total. The van der Waals surface area contributed by atoms with E-state index in [1.807, 2.05) is 19.1 Å². The van der Waals surface area contributed by atoms with Crippen LogP contribution in [0, 0.1) is 6.92 Å². The van der Waals surface area contributed by atoms with Crippen LogP contribution in [0.25, 0.3) is 11.0 Å². The van der Waals surface area contributed by atoms with Crippen LogP contribution in [0.3, 0.4) is 0 Å². The van der Waals surface area contributed by atoms with Crippen LogP contribution in [0.1, 0.15) is 29.0 Å². The molecule has 3 amide bonds. The molecule has 0 spiro atoms. The summed E-state index contributed by atoms with van der Waals surface area (Å²) in [5.74, 6) is -1.10. The molecule has 1 fully saturated rings. The lowest BCUT2D eigenvalue weighted by Gasteiger charge is -2.21. The van der Waals surface area contributed by atoms with Gasteiger partial charge in [-0.2, -0.15) is 0 Å². The van der Waals surface area contributed by atoms with Crippen molar-refractivity contribution in [1.29, 1.82) is 0 Å². The molecule has 2 heterocycles. The molecular weight excluding hydrogens is 272 g/mol. The number of furan rings is 1. The summed E-state index contributed by atoms with van der Waals surface area (Å²) in [5.41, 5.74) is 1.69. The Balaban J connectivity index is 1.77. The number of hydrogen-bond acceptors (Lipinski definition) is 4. The fraction of sp³-hybridized carbons (Fsp3) is 0.267. The zero-order valence-electron chi connectivity index (χ0n) is 11.4. The first-order chi connectivity index (χ1) is 10.0. The average molecular weight is 286 g/mol. The Morgan fingerprint density at radius 3 is 2.90 bits per heavy atom. The third kappa shape index (κ3) is 2.65. The van der Waals surface area contributed by atoms with Crippen molar-refractivity contribution >= 4 is 28.7 Å². The Bertz CT molecular complexity index is 747. The van der Waals surface area contributed by atoms with E-state index >= 15 is 0 Å². The summed E-state index contributed by atoms with van der Waals surface area (Å²) in [6.07, 6.45) is 0.520. The summed E-state index contributed by atoms with van der Waals surface area (Å²) < 4.78 is 5.47. The minimum Gasteiger partial charge on any atom is -0.451 e. The molecule has 2 aromatic rings. The molecule has 1 atom stereocenters. The van der Waals surface area contributed by atoms with Crippen molar-refractivity contribution in [3.05, 3.63) is 35.6 Å². The van der Waals surface area contributed by atoms with Gasteiger partial charge in [-0.15, -0.1) is 0 Å². The topological polar surface area (TPSA) is 88.4 Å². The molecule has 0 radical (unpaired) electrons. The van der Waals surface area contributed by atoms with Gasteiger partial charge in [0.05, 0.1) is 0 Å². The third-order valence-electron chi connectivity index (χ3n) is 3.44. The van der Waals surface area contributed by atoms with Crippen LogP contribution in [0.15, 0.2) is 28.7 Å². The van der Waals surface area contributed by atoms with Crippen LogP contribution in [0.2, 0.25) is 0 Å². The van der Waals surface area contributed by atoms with E-state index in [4.69, 9.17) is 4.42 Å². The lowest BCUT2D eigenvalue weighted by Crippen LogP contribution is -2.52. The third-order valence-corrected chi connectivity index (χ3v) is 3.44. The zero-order chi connectivity index (χ0) is 15.0. The Labute approximate surface area is 120 Å². The second kappa shape index (κ2) is 5.05. The van der Waals surface area contributed by atoms with E-state index in [0.29, 0.717) is 12.0 Å². The molecule has 3 rings (SSSR count). The number of aryl methyl sites for hydroxylation is 1. The summed E-state index contributed by atoms with van der Waals surface area (Å²) in [5, 5.41) is 5.62. The number of benzene rings is 1. The fourth-order valence-electron chi connectivity index (χ4n) is 2.34. The van der Waals surface area contributed by atoms with Crippen LogP contribution < -0.4 is 10.6 Å². The molecule has 6 heteroatoms. The lowest BCUT2D eigenvalue weighted by atomic mass is 10.1. The number of carbonyl (C=O) groups excluding carboxylic acids is 3. The molecule has 1 aliphatic heterocycles. The normalized spacial score (nSPS) is 18.6. The van der Waals surface area contributed by atoms with Crippen molar-refractivity contribution in [3.8, 4) is 0 Å². The summed E-state index contributed by atoms with van der Waals surface area (Å²) in [4.78, 5) is 34.8. The van der Waals surface area contributed by atoms with Gasteiger partial charge in [0.25, 0.3) is 5.91 Å². The second-order valence-corrected chi connectivity index (χ2v) is 5.13. The molecule has 21 heavy (non-hydrogen) atoms. The number of rotatable bonds is 2. The molecule has 6 nitrogen and oxygen atoms in total. The van der Waals surface area contributed by atoms with Crippen LogP contribution >= 0.6 is 0 Å². The summed E-state index contributed by atoms with van der Waals surface area (Å²) >= 11 is 0. The molecule has 1 aromatic heterocycles. The SMILES string of the molecule is Cc1ccc2oc(C(=O)NC3CCC(=O)NC3=O)cc2c1. The smallest absolute Gasteiger partial charge is 0.287 e. The molecule has 1 aliphatic rings. The number of fused-ring (bicyclic) bond motifs is 1. The van der Waals surface area contributed by atoms with E-state index in [1.165, 1.54) is 0 Å². The van der Waals surface area contributed by atoms with Crippen molar-refractivity contribution in [2.75, 3.05) is 0 Å². The van der Waals surface area contributed by atoms with Crippen LogP contribution in [0.5, 0.6) is 0 Å². The van der Waals surface area contributed by atoms with Crippen LogP contribution in [-0.4, -0.2) is 23.8 Å². The monoisotopic (exact) mass is 286 g/mol. The van der Waals surface area contributed by atoms with Crippen LogP contribution in [0.4, 0.5) is 0 Å². The Morgan fingerprint density at radius 1 is 1.33 bits per heavy atom. The predicted octanol–water partition coefficient (Wildman–Crippen LogP) is 1.28. The Kier molecular flexibility index (Phi) is 3.21. The highest BCUT2D eigenvalue weighted by Gasteiger charge is 2.28. The van der Waals surface area contributed by atoms with Gasteiger partial charge in [-0.25, -0.2) is 0 Å². The van der Waals surface area contributed by atoms with Crippen molar-refractivity contribution in [1.82, 2.24) is 10.6 Å². The highest BCUT2D eigenvalue weighted by Crippen LogP contribution is 2.20. The highest BCUT2D eigenvalue weighted by molar-refractivity contribution is 6.04. The van der Waals surface area contributed by atoms with Gasteiger partial charge in [0.1, 0.15) is 11.6 Å². The first kappa shape index (κ1) is 13.4. The second-order valence-electron chi connectivity index (χ2n) is 5.13. The Morgan fingerprint density at radius 2 is 2.14 bits per heavy atom. The molecule has 0 saturated carbocycles. The highest BCUT2D eigenvalue weighted by atomic mass is 16.3. The van der Waals surface area contributed by atoms with E-state index < -0.39 is 17.9 Å². The molecule has 1 saturated heterocycles. The number of nitrogens with one attached hydrogen (secondary N) is 2. The minimum absolute atomic E-state index is 0.153. The number of amides is 3. The maximum atomic E-state index is 12.1. The largest absolute Gasteiger partial charge is 0.451 e. The van der Waals surface area contributed by atoms with Gasteiger partial charge in [0.2, 0.25) is 11.8 Å². The summed E-state index contributed by atoms with van der Waals surface area (Å²) in [7, 11) is 0. The van der Waals surface area contributed by atoms with Crippen molar-refractivity contribution in [2.45, 2.75) is 25.8 Å². The number of imide groups is 1. The zero-order valence-corrected chi connectivity index (χ0v) is 11.4. The molecule has 0 aliphatic carbocycles. The van der Waals surface area contributed by atoms with Crippen molar-refractivity contribution in [2.24, 2.45) is 0 Å². The standard InChI is InChI=1S/C15H14N2O4/c1-8-2-4-11-9(6-8)7-12(21-11)15(20)16-10-3-5-13(18)17-14(10)19/h2,4,6-7,10H,3,5H2,1H3,(H,16,20)(H,17,18,19). The van der Waals surface area contributed by atoms with Gasteiger partial charge in [-0.05, 0) is 31.5 Å². The van der Waals surface area contributed by atoms with Gasteiger partial charge in [0.15, 0.2) is 5.76 Å². The predicted molar refractivity (Wildman–Crippen MR) is 74.6 cm³/mol. The summed E-state index contributed by atoms with van der Waals surface area (Å²) in [6, 6.07) is 6.55. The average Bonchev–Trinajstić information content (AvgIpc) is 2.85. The maximum absolute atomic E-state index is 12.1. The van der Waals surface area contributed by atoms with Crippen molar-refractivity contribution in [3.63, 3.8) is 0 Å². The van der Waals surface area contributed by atoms with Gasteiger partial charge in [-0.3, -0.25) is 19.7 Å². The van der Waals surface area contributed by atoms with Gasteiger partial charge in [-0.1, -0.05) is 11.6 Å². The Hall–Kier alpha value is -2.63. The lowest BCUT2D eigenvalue weighted by molar-refractivity contribution is -0.134. The molecule has 108 valence electrons. The van der Waals surface area contributed by atoms with E-state index in [0.717, 1.165) is 10.9 Å². The van der Waals surface area contributed by atoms with Crippen LogP contribution in [-0.2, 0) is 9.59 Å². The fourth-order valence-corrected chi connectivity index (χ4v) is 2.34. The first-order valence-electron chi connectivity index (χ1n) is 6.68. The summed E-state index contributed by atoms with van der Waals surface area (Å²) in [6.45, 7) is 1.95. The first-order valence-corrected chi connectivity index (χ1v) is 6.68. The van der Waals surface area contributed by atoms with Gasteiger partial charge in [0, 0.05) is 11.8 Å². The molecule has 0 bridgehead atoms. The number of piperidine rings is 1. The number of hydrogen-bond donors (Lipinski definition) is 2. The molecular formula is C15H14N2O4. The van der Waals surface area contributed by atoms with Crippen molar-refractivity contribution < 1.29 is 18.8 Å². The van der Waals surface area contributed by atoms with E-state index in [9.17, 15) is 14.4 Å². The van der Waals surface area contributed by atoms with E-state index in [-0.39, 0.29) is 18.1 Å². The maximum Gasteiger partial charge on any atom is 0.287 e. The van der Waals surface area contributed by atoms with E-state index in [2.05, 4.69) is 10.6 Å².